The van der Waals surface area contributed by atoms with Crippen LogP contribution in [0.5, 0.6) is 5.75 Å². The van der Waals surface area contributed by atoms with Crippen molar-refractivity contribution in [2.75, 3.05) is 12.5 Å². The molecule has 0 unspecified atom stereocenters. The molecule has 2 nitrogen and oxygen atoms in total. The number of fused-ring (bicyclic) bond motifs is 1. The van der Waals surface area contributed by atoms with Gasteiger partial charge in [-0.3, -0.25) is 0 Å². The smallest absolute Gasteiger partial charge is 0.127 e. The summed E-state index contributed by atoms with van der Waals surface area (Å²) < 4.78 is 5.67. The van der Waals surface area contributed by atoms with Crippen molar-refractivity contribution in [2.45, 2.75) is 31.3 Å². The second kappa shape index (κ2) is 4.34. The Kier molecular flexibility index (Phi) is 2.97. The van der Waals surface area contributed by atoms with Crippen LogP contribution in [0, 0.1) is 0 Å². The van der Waals surface area contributed by atoms with Gasteiger partial charge in [0, 0.05) is 35.0 Å². The predicted molar refractivity (Wildman–Crippen MR) is 70.2 cm³/mol. The lowest BCUT2D eigenvalue weighted by Gasteiger charge is -2.16. The second-order valence-corrected chi connectivity index (χ2v) is 5.62. The van der Waals surface area contributed by atoms with E-state index in [0.717, 1.165) is 35.9 Å². The minimum Gasteiger partial charge on any atom is -0.493 e. The Hall–Kier alpha value is -0.440. The van der Waals surface area contributed by atoms with Crippen LogP contribution in [0.15, 0.2) is 12.1 Å². The maximum Gasteiger partial charge on any atom is 0.127 e. The van der Waals surface area contributed by atoms with Crippen molar-refractivity contribution < 1.29 is 4.74 Å². The van der Waals surface area contributed by atoms with Gasteiger partial charge in [0.2, 0.25) is 0 Å². The number of hydrogen-bond acceptors (Lipinski definition) is 2. The fourth-order valence-corrected chi connectivity index (χ4v) is 2.89. The number of hydrogen-bond donors (Lipinski definition) is 1. The number of rotatable bonds is 4. The molecular formula is C13H15Cl2NO. The Bertz CT molecular complexity index is 443. The molecule has 0 radical (unpaired) electrons. The monoisotopic (exact) mass is 271 g/mol. The first-order chi connectivity index (χ1) is 8.22. The maximum absolute atomic E-state index is 6.12. The molecule has 0 bridgehead atoms. The van der Waals surface area contributed by atoms with Gasteiger partial charge in [-0.2, -0.15) is 0 Å². The van der Waals surface area contributed by atoms with Crippen molar-refractivity contribution in [1.29, 1.82) is 0 Å². The lowest BCUT2D eigenvalue weighted by molar-refractivity contribution is 0.351. The molecule has 17 heavy (non-hydrogen) atoms. The predicted octanol–water partition coefficient (Wildman–Crippen LogP) is 3.14. The Morgan fingerprint density at radius 3 is 2.88 bits per heavy atom. The molecule has 1 fully saturated rings. The molecule has 0 amide bonds. The van der Waals surface area contributed by atoms with E-state index >= 15 is 0 Å². The van der Waals surface area contributed by atoms with Crippen LogP contribution in [-0.4, -0.2) is 18.0 Å². The summed E-state index contributed by atoms with van der Waals surface area (Å²) in [4.78, 5) is 0. The summed E-state index contributed by atoms with van der Waals surface area (Å²) in [5, 5.41) is 4.32. The highest BCUT2D eigenvalue weighted by atomic mass is 35.5. The summed E-state index contributed by atoms with van der Waals surface area (Å²) in [5.41, 5.74) is 2.54. The van der Waals surface area contributed by atoms with E-state index in [0.29, 0.717) is 5.88 Å². The molecule has 0 spiro atoms. The number of alkyl halides is 1. The summed E-state index contributed by atoms with van der Waals surface area (Å²) in [6, 6.07) is 3.99. The summed E-state index contributed by atoms with van der Waals surface area (Å²) in [6.45, 7) is 1.55. The van der Waals surface area contributed by atoms with Gasteiger partial charge >= 0.3 is 0 Å². The minimum atomic E-state index is 0.162. The molecule has 1 heterocycles. The third-order valence-corrected chi connectivity index (χ3v) is 4.32. The van der Waals surface area contributed by atoms with Gasteiger partial charge in [-0.05, 0) is 30.5 Å². The lowest BCUT2D eigenvalue weighted by atomic mass is 10.1. The van der Waals surface area contributed by atoms with Gasteiger partial charge in [-0.25, -0.2) is 0 Å². The van der Waals surface area contributed by atoms with E-state index in [1.807, 2.05) is 12.1 Å². The van der Waals surface area contributed by atoms with E-state index in [-0.39, 0.29) is 5.54 Å². The van der Waals surface area contributed by atoms with Crippen LogP contribution < -0.4 is 10.1 Å². The summed E-state index contributed by atoms with van der Waals surface area (Å²) in [5.74, 6) is 1.70. The normalized spacial score (nSPS) is 19.9. The largest absolute Gasteiger partial charge is 0.493 e. The molecule has 92 valence electrons. The molecular weight excluding hydrogens is 257 g/mol. The number of benzene rings is 1. The lowest BCUT2D eigenvalue weighted by Crippen LogP contribution is -2.32. The van der Waals surface area contributed by atoms with E-state index in [4.69, 9.17) is 27.9 Å². The third kappa shape index (κ3) is 2.26. The van der Waals surface area contributed by atoms with Gasteiger partial charge < -0.3 is 10.1 Å². The minimum absolute atomic E-state index is 0.162. The van der Waals surface area contributed by atoms with Gasteiger partial charge in [0.1, 0.15) is 5.75 Å². The van der Waals surface area contributed by atoms with Gasteiger partial charge in [-0.15, -0.1) is 11.6 Å². The average molecular weight is 272 g/mol. The Morgan fingerprint density at radius 2 is 2.18 bits per heavy atom. The summed E-state index contributed by atoms with van der Waals surface area (Å²) >= 11 is 12.1. The maximum atomic E-state index is 6.12. The van der Waals surface area contributed by atoms with Crippen LogP contribution in [-0.2, 0) is 13.0 Å². The highest BCUT2D eigenvalue weighted by Gasteiger charge is 2.41. The van der Waals surface area contributed by atoms with E-state index in [2.05, 4.69) is 5.32 Å². The molecule has 3 rings (SSSR count). The molecule has 1 aliphatic carbocycles. The number of halogens is 2. The van der Waals surface area contributed by atoms with E-state index < -0.39 is 0 Å². The van der Waals surface area contributed by atoms with Crippen molar-refractivity contribution in [3.8, 4) is 5.75 Å². The zero-order chi connectivity index (χ0) is 11.9. The fraction of sp³-hybridized carbons (Fsp3) is 0.538. The van der Waals surface area contributed by atoms with E-state index in [9.17, 15) is 0 Å². The molecule has 1 aromatic carbocycles. The first-order valence-corrected chi connectivity index (χ1v) is 6.89. The Morgan fingerprint density at radius 1 is 1.35 bits per heavy atom. The highest BCUT2D eigenvalue weighted by molar-refractivity contribution is 6.30. The Labute approximate surface area is 111 Å². The summed E-state index contributed by atoms with van der Waals surface area (Å²) in [7, 11) is 0. The van der Waals surface area contributed by atoms with Crippen molar-refractivity contribution >= 4 is 23.2 Å². The van der Waals surface area contributed by atoms with Crippen molar-refractivity contribution in [1.82, 2.24) is 5.32 Å². The first-order valence-electron chi connectivity index (χ1n) is 5.98. The first kappa shape index (κ1) is 11.6. The quantitative estimate of drug-likeness (QED) is 0.850. The van der Waals surface area contributed by atoms with Gasteiger partial charge in [0.15, 0.2) is 0 Å². The Balaban J connectivity index is 1.78. The van der Waals surface area contributed by atoms with Crippen LogP contribution in [0.1, 0.15) is 24.0 Å². The second-order valence-electron chi connectivity index (χ2n) is 4.92. The zero-order valence-corrected chi connectivity index (χ0v) is 11.1. The fourth-order valence-electron chi connectivity index (χ4n) is 2.27. The molecule has 1 aromatic rings. The highest BCUT2D eigenvalue weighted by Crippen LogP contribution is 2.38. The molecule has 0 atom stereocenters. The van der Waals surface area contributed by atoms with Crippen molar-refractivity contribution in [3.05, 3.63) is 28.3 Å². The molecule has 1 saturated carbocycles. The van der Waals surface area contributed by atoms with Crippen LogP contribution in [0.3, 0.4) is 0 Å². The van der Waals surface area contributed by atoms with Crippen LogP contribution in [0.2, 0.25) is 5.02 Å². The zero-order valence-electron chi connectivity index (χ0n) is 9.56. The van der Waals surface area contributed by atoms with Crippen LogP contribution >= 0.6 is 23.2 Å². The van der Waals surface area contributed by atoms with E-state index in [1.165, 1.54) is 18.4 Å². The third-order valence-electron chi connectivity index (χ3n) is 3.59. The van der Waals surface area contributed by atoms with Gasteiger partial charge in [0.25, 0.3) is 0 Å². The van der Waals surface area contributed by atoms with Gasteiger partial charge in [-0.1, -0.05) is 11.6 Å². The average Bonchev–Trinajstić information content (AvgIpc) is 2.96. The van der Waals surface area contributed by atoms with Gasteiger partial charge in [0.05, 0.1) is 6.61 Å². The SMILES string of the molecule is ClCC1(NCc2cc(Cl)cc3c2OCC3)CC1. The standard InChI is InChI=1S/C13H15Cl2NO/c14-8-13(2-3-13)16-7-10-6-11(15)5-9-1-4-17-12(9)10/h5-6,16H,1-4,7-8H2. The summed E-state index contributed by atoms with van der Waals surface area (Å²) in [6.07, 6.45) is 3.30. The number of ether oxygens (including phenoxy) is 1. The number of nitrogens with one attached hydrogen (secondary N) is 1. The molecule has 1 aliphatic heterocycles. The van der Waals surface area contributed by atoms with E-state index in [1.54, 1.807) is 0 Å². The van der Waals surface area contributed by atoms with Crippen LogP contribution in [0.25, 0.3) is 0 Å². The molecule has 2 aliphatic rings. The van der Waals surface area contributed by atoms with Crippen molar-refractivity contribution in [3.63, 3.8) is 0 Å². The van der Waals surface area contributed by atoms with Crippen LogP contribution in [0.4, 0.5) is 0 Å². The molecule has 0 saturated heterocycles. The molecule has 4 heteroatoms. The molecule has 0 aromatic heterocycles. The van der Waals surface area contributed by atoms with Crippen molar-refractivity contribution in [2.24, 2.45) is 0 Å². The topological polar surface area (TPSA) is 21.3 Å². The molecule has 1 N–H and O–H groups in total.